The second kappa shape index (κ2) is 6.82. The van der Waals surface area contributed by atoms with E-state index in [1.807, 2.05) is 12.1 Å². The molecular weight excluding hydrogens is 307 g/mol. The summed E-state index contributed by atoms with van der Waals surface area (Å²) < 4.78 is 13.8. The quantitative estimate of drug-likeness (QED) is 0.915. The van der Waals surface area contributed by atoms with Gasteiger partial charge in [-0.3, -0.25) is 4.90 Å². The van der Waals surface area contributed by atoms with Gasteiger partial charge in [0.25, 0.3) is 0 Å². The third-order valence-corrected chi connectivity index (χ3v) is 4.76. The fraction of sp³-hybridized carbons (Fsp3) is 0.600. The van der Waals surface area contributed by atoms with Crippen LogP contribution in [0, 0.1) is 11.7 Å². The van der Waals surface area contributed by atoms with Gasteiger partial charge in [-0.05, 0) is 66.0 Å². The maximum absolute atomic E-state index is 13.2. The van der Waals surface area contributed by atoms with Gasteiger partial charge in [0.05, 0.1) is 4.47 Å². The van der Waals surface area contributed by atoms with Crippen LogP contribution in [0.3, 0.4) is 0 Å². The molecule has 2 atom stereocenters. The van der Waals surface area contributed by atoms with E-state index in [1.165, 1.54) is 31.7 Å². The Bertz CT molecular complexity index is 425. The Morgan fingerprint density at radius 2 is 2.11 bits per heavy atom. The molecule has 2 nitrogen and oxygen atoms in total. The van der Waals surface area contributed by atoms with Gasteiger partial charge in [-0.25, -0.2) is 4.39 Å². The van der Waals surface area contributed by atoms with Crippen molar-refractivity contribution in [2.75, 3.05) is 13.6 Å². The van der Waals surface area contributed by atoms with Crippen molar-refractivity contribution in [1.82, 2.24) is 4.90 Å². The van der Waals surface area contributed by atoms with Crippen LogP contribution in [-0.4, -0.2) is 24.5 Å². The van der Waals surface area contributed by atoms with Crippen LogP contribution >= 0.6 is 15.9 Å². The number of halogens is 2. The first-order valence-electron chi connectivity index (χ1n) is 6.96. The maximum Gasteiger partial charge on any atom is 0.137 e. The monoisotopic (exact) mass is 328 g/mol. The molecule has 0 aromatic heterocycles. The molecule has 1 aromatic rings. The summed E-state index contributed by atoms with van der Waals surface area (Å²) in [5.74, 6) is 0.395. The van der Waals surface area contributed by atoms with E-state index in [0.717, 1.165) is 18.7 Å². The Kier molecular flexibility index (Phi) is 5.37. The van der Waals surface area contributed by atoms with Gasteiger partial charge in [0.1, 0.15) is 5.82 Å². The summed E-state index contributed by atoms with van der Waals surface area (Å²) in [6.07, 6.45) is 5.05. The van der Waals surface area contributed by atoms with Crippen molar-refractivity contribution in [3.05, 3.63) is 34.1 Å². The van der Waals surface area contributed by atoms with Crippen molar-refractivity contribution in [1.29, 1.82) is 0 Å². The SMILES string of the molecule is CN(Cc1ccc(F)c(Br)c1)C1CCCCC1CN. The number of nitrogens with two attached hydrogens (primary N) is 1. The van der Waals surface area contributed by atoms with Crippen molar-refractivity contribution < 1.29 is 4.39 Å². The summed E-state index contributed by atoms with van der Waals surface area (Å²) in [7, 11) is 2.15. The normalized spacial score (nSPS) is 23.8. The molecule has 1 saturated carbocycles. The highest BCUT2D eigenvalue weighted by atomic mass is 79.9. The average Bonchev–Trinajstić information content (AvgIpc) is 2.43. The first kappa shape index (κ1) is 14.9. The smallest absolute Gasteiger partial charge is 0.137 e. The molecule has 0 spiro atoms. The molecule has 4 heteroatoms. The lowest BCUT2D eigenvalue weighted by atomic mass is 9.83. The summed E-state index contributed by atoms with van der Waals surface area (Å²) in [5.41, 5.74) is 7.02. The third kappa shape index (κ3) is 3.77. The molecule has 1 aromatic carbocycles. The fourth-order valence-corrected chi connectivity index (χ4v) is 3.51. The van der Waals surface area contributed by atoms with Gasteiger partial charge in [-0.2, -0.15) is 0 Å². The van der Waals surface area contributed by atoms with E-state index in [1.54, 1.807) is 0 Å². The lowest BCUT2D eigenvalue weighted by molar-refractivity contribution is 0.127. The van der Waals surface area contributed by atoms with E-state index in [4.69, 9.17) is 5.73 Å². The van der Waals surface area contributed by atoms with Gasteiger partial charge in [-0.15, -0.1) is 0 Å². The van der Waals surface area contributed by atoms with Crippen LogP contribution in [0.1, 0.15) is 31.2 Å². The minimum atomic E-state index is -0.205. The highest BCUT2D eigenvalue weighted by Gasteiger charge is 2.27. The number of benzene rings is 1. The van der Waals surface area contributed by atoms with Crippen LogP contribution in [0.2, 0.25) is 0 Å². The minimum Gasteiger partial charge on any atom is -0.330 e. The number of hydrogen-bond acceptors (Lipinski definition) is 2. The van der Waals surface area contributed by atoms with Crippen LogP contribution in [0.25, 0.3) is 0 Å². The summed E-state index contributed by atoms with van der Waals surface area (Å²) in [6.45, 7) is 1.61. The standard InChI is InChI=1S/C15H22BrFN2/c1-19(15-5-3-2-4-12(15)9-18)10-11-6-7-14(17)13(16)8-11/h6-8,12,15H,2-5,9-10,18H2,1H3. The van der Waals surface area contributed by atoms with Gasteiger partial charge >= 0.3 is 0 Å². The van der Waals surface area contributed by atoms with Gasteiger partial charge in [0, 0.05) is 12.6 Å². The predicted molar refractivity (Wildman–Crippen MR) is 80.4 cm³/mol. The molecule has 0 saturated heterocycles. The fourth-order valence-electron chi connectivity index (χ4n) is 3.09. The first-order chi connectivity index (χ1) is 9.11. The molecule has 0 bridgehead atoms. The molecule has 1 aliphatic carbocycles. The highest BCUT2D eigenvalue weighted by molar-refractivity contribution is 9.10. The zero-order valence-corrected chi connectivity index (χ0v) is 13.0. The van der Waals surface area contributed by atoms with Crippen LogP contribution in [-0.2, 0) is 6.54 Å². The molecule has 1 aliphatic rings. The predicted octanol–water partition coefficient (Wildman–Crippen LogP) is 3.54. The Hall–Kier alpha value is -0.450. The Morgan fingerprint density at radius 3 is 2.79 bits per heavy atom. The van der Waals surface area contributed by atoms with E-state index >= 15 is 0 Å². The van der Waals surface area contributed by atoms with Crippen LogP contribution in [0.15, 0.2) is 22.7 Å². The van der Waals surface area contributed by atoms with E-state index in [0.29, 0.717) is 16.4 Å². The molecule has 0 radical (unpaired) electrons. The summed E-state index contributed by atoms with van der Waals surface area (Å²) in [4.78, 5) is 2.37. The molecule has 2 rings (SSSR count). The maximum atomic E-state index is 13.2. The van der Waals surface area contributed by atoms with Gasteiger partial charge in [0.2, 0.25) is 0 Å². The summed E-state index contributed by atoms with van der Waals surface area (Å²) in [6, 6.07) is 5.81. The van der Waals surface area contributed by atoms with Crippen LogP contribution in [0.4, 0.5) is 4.39 Å². The summed E-state index contributed by atoms with van der Waals surface area (Å²) in [5, 5.41) is 0. The van der Waals surface area contributed by atoms with E-state index < -0.39 is 0 Å². The van der Waals surface area contributed by atoms with Crippen LogP contribution in [0.5, 0.6) is 0 Å². The lowest BCUT2D eigenvalue weighted by Crippen LogP contribution is -2.42. The Balaban J connectivity index is 2.02. The second-order valence-corrected chi connectivity index (χ2v) is 6.37. The largest absolute Gasteiger partial charge is 0.330 e. The van der Waals surface area contributed by atoms with Crippen molar-refractivity contribution in [2.45, 2.75) is 38.3 Å². The van der Waals surface area contributed by atoms with E-state index in [9.17, 15) is 4.39 Å². The lowest BCUT2D eigenvalue weighted by Gasteiger charge is -2.37. The second-order valence-electron chi connectivity index (χ2n) is 5.51. The van der Waals surface area contributed by atoms with E-state index in [2.05, 4.69) is 27.9 Å². The Labute approximate surface area is 123 Å². The molecule has 0 aliphatic heterocycles. The molecule has 0 amide bonds. The summed E-state index contributed by atoms with van der Waals surface area (Å²) >= 11 is 3.24. The molecule has 2 N–H and O–H groups in total. The first-order valence-corrected chi connectivity index (χ1v) is 7.75. The molecule has 1 fully saturated rings. The zero-order valence-electron chi connectivity index (χ0n) is 11.4. The number of nitrogens with zero attached hydrogens (tertiary/aromatic N) is 1. The molecule has 2 unspecified atom stereocenters. The van der Waals surface area contributed by atoms with Gasteiger partial charge in [0.15, 0.2) is 0 Å². The number of rotatable bonds is 4. The highest BCUT2D eigenvalue weighted by Crippen LogP contribution is 2.28. The Morgan fingerprint density at radius 1 is 1.37 bits per heavy atom. The minimum absolute atomic E-state index is 0.205. The average molecular weight is 329 g/mol. The molecule has 106 valence electrons. The van der Waals surface area contributed by atoms with Gasteiger partial charge in [-0.1, -0.05) is 18.9 Å². The van der Waals surface area contributed by atoms with Crippen molar-refractivity contribution in [3.63, 3.8) is 0 Å². The topological polar surface area (TPSA) is 29.3 Å². The number of hydrogen-bond donors (Lipinski definition) is 1. The van der Waals surface area contributed by atoms with Crippen molar-refractivity contribution in [2.24, 2.45) is 11.7 Å². The molecule has 0 heterocycles. The van der Waals surface area contributed by atoms with Crippen molar-refractivity contribution >= 4 is 15.9 Å². The molecule has 19 heavy (non-hydrogen) atoms. The van der Waals surface area contributed by atoms with Gasteiger partial charge < -0.3 is 5.73 Å². The van der Waals surface area contributed by atoms with Crippen LogP contribution < -0.4 is 5.73 Å². The van der Waals surface area contributed by atoms with E-state index in [-0.39, 0.29) is 5.82 Å². The third-order valence-electron chi connectivity index (χ3n) is 4.15. The van der Waals surface area contributed by atoms with Crippen molar-refractivity contribution in [3.8, 4) is 0 Å². The molecular formula is C15H22BrFN2. The zero-order chi connectivity index (χ0) is 13.8.